The van der Waals surface area contributed by atoms with Crippen molar-refractivity contribution >= 4 is 63.3 Å². The van der Waals surface area contributed by atoms with Gasteiger partial charge in [0, 0.05) is 17.7 Å². The van der Waals surface area contributed by atoms with Crippen LogP contribution in [0.1, 0.15) is 0 Å². The van der Waals surface area contributed by atoms with Crippen LogP contribution in [-0.2, 0) is 0 Å². The highest BCUT2D eigenvalue weighted by molar-refractivity contribution is 9.10. The summed E-state index contributed by atoms with van der Waals surface area (Å²) in [5.41, 5.74) is 2.69. The number of pyridine rings is 2. The summed E-state index contributed by atoms with van der Waals surface area (Å²) in [6, 6.07) is 3.85. The minimum atomic E-state index is -0.386. The van der Waals surface area contributed by atoms with Gasteiger partial charge in [0.25, 0.3) is 0 Å². The number of hydrogen-bond donors (Lipinski definition) is 1. The van der Waals surface area contributed by atoms with E-state index in [1.54, 1.807) is 12.4 Å². The molecule has 3 rings (SSSR count). The zero-order valence-electron chi connectivity index (χ0n) is 11.9. The summed E-state index contributed by atoms with van der Waals surface area (Å²) in [5, 5.41) is 4.63. The molecule has 0 spiro atoms. The van der Waals surface area contributed by atoms with Gasteiger partial charge < -0.3 is 5.32 Å². The molecular weight excluding hydrogens is 385 g/mol. The Hall–Kier alpha value is -1.36. The fourth-order valence-corrected chi connectivity index (χ4v) is 3.73. The van der Waals surface area contributed by atoms with Crippen molar-refractivity contribution in [2.45, 2.75) is 0 Å². The van der Waals surface area contributed by atoms with Gasteiger partial charge in [-0.2, -0.15) is 4.98 Å². The average molecular weight is 397 g/mol. The second-order valence-corrected chi connectivity index (χ2v) is 8.18. The fraction of sp³-hybridized carbons (Fsp3) is 0.143. The molecule has 0 fully saturated rings. The first kappa shape index (κ1) is 15.5. The number of anilines is 2. The van der Waals surface area contributed by atoms with Crippen LogP contribution in [0.15, 0.2) is 35.2 Å². The summed E-state index contributed by atoms with van der Waals surface area (Å²) < 4.78 is 0.737. The maximum atomic E-state index is 5.87. The Labute approximate surface area is 142 Å². The number of nitrogens with one attached hydrogen (secondary N) is 1. The lowest BCUT2D eigenvalue weighted by molar-refractivity contribution is 1.15. The first-order valence-corrected chi connectivity index (χ1v) is 9.83. The molecule has 22 heavy (non-hydrogen) atoms. The Bertz CT molecular complexity index is 843. The van der Waals surface area contributed by atoms with Gasteiger partial charge >= 0.3 is 0 Å². The predicted octanol–water partition coefficient (Wildman–Crippen LogP) is 3.95. The molecule has 3 aromatic heterocycles. The molecule has 0 aliphatic heterocycles. The van der Waals surface area contributed by atoms with Crippen LogP contribution in [0.4, 0.5) is 11.5 Å². The van der Waals surface area contributed by atoms with E-state index in [2.05, 4.69) is 54.5 Å². The molecule has 0 saturated heterocycles. The van der Waals surface area contributed by atoms with E-state index in [-0.39, 0.29) is 13.2 Å². The Morgan fingerprint density at radius 2 is 2.00 bits per heavy atom. The van der Waals surface area contributed by atoms with Gasteiger partial charge in [0.15, 0.2) is 0 Å². The van der Waals surface area contributed by atoms with Gasteiger partial charge in [-0.15, -0.1) is 0 Å². The third-order valence-corrected chi connectivity index (χ3v) is 5.12. The van der Waals surface area contributed by atoms with Crippen LogP contribution < -0.4 is 10.6 Å². The molecule has 1 N–H and O–H groups in total. The van der Waals surface area contributed by atoms with E-state index in [0.717, 1.165) is 26.5 Å². The summed E-state index contributed by atoms with van der Waals surface area (Å²) in [6.07, 6.45) is 5.21. The molecule has 0 saturated carbocycles. The van der Waals surface area contributed by atoms with Crippen molar-refractivity contribution in [3.05, 3.63) is 40.5 Å². The lowest BCUT2D eigenvalue weighted by Gasteiger charge is -2.16. The van der Waals surface area contributed by atoms with Crippen LogP contribution in [0.2, 0.25) is 5.28 Å². The molecule has 5 nitrogen and oxygen atoms in total. The molecular formula is C14H12BrClN5P. The summed E-state index contributed by atoms with van der Waals surface area (Å²) in [7, 11) is -0.386. The van der Waals surface area contributed by atoms with Gasteiger partial charge in [0.05, 0.1) is 27.4 Å². The van der Waals surface area contributed by atoms with Crippen LogP contribution in [0.5, 0.6) is 0 Å². The summed E-state index contributed by atoms with van der Waals surface area (Å²) in [4.78, 5) is 17.1. The highest BCUT2D eigenvalue weighted by atomic mass is 79.9. The van der Waals surface area contributed by atoms with Crippen molar-refractivity contribution < 1.29 is 0 Å². The number of halogens is 2. The van der Waals surface area contributed by atoms with E-state index >= 15 is 0 Å². The van der Waals surface area contributed by atoms with Crippen molar-refractivity contribution in [3.8, 4) is 0 Å². The average Bonchev–Trinajstić information content (AvgIpc) is 2.50. The van der Waals surface area contributed by atoms with Gasteiger partial charge in [0.2, 0.25) is 5.28 Å². The number of rotatable bonds is 3. The first-order valence-electron chi connectivity index (χ1n) is 6.42. The third kappa shape index (κ3) is 3.05. The van der Waals surface area contributed by atoms with Gasteiger partial charge in [-0.1, -0.05) is 7.92 Å². The van der Waals surface area contributed by atoms with Crippen LogP contribution in [-0.4, -0.2) is 33.3 Å². The van der Waals surface area contributed by atoms with Crippen molar-refractivity contribution in [2.75, 3.05) is 18.6 Å². The van der Waals surface area contributed by atoms with Crippen molar-refractivity contribution in [1.82, 2.24) is 19.9 Å². The molecule has 0 atom stereocenters. The zero-order chi connectivity index (χ0) is 15.7. The van der Waals surface area contributed by atoms with E-state index < -0.39 is 0 Å². The molecule has 0 bridgehead atoms. The number of aromatic nitrogens is 4. The molecule has 0 aliphatic carbocycles. The predicted molar refractivity (Wildman–Crippen MR) is 96.0 cm³/mol. The van der Waals surface area contributed by atoms with E-state index in [0.29, 0.717) is 5.82 Å². The minimum Gasteiger partial charge on any atom is -0.337 e. The molecule has 112 valence electrons. The molecule has 3 heterocycles. The number of hydrogen-bond acceptors (Lipinski definition) is 5. The molecule has 0 unspecified atom stereocenters. The topological polar surface area (TPSA) is 63.6 Å². The second kappa shape index (κ2) is 6.41. The molecule has 0 amide bonds. The Morgan fingerprint density at radius 3 is 2.77 bits per heavy atom. The van der Waals surface area contributed by atoms with Crippen LogP contribution >= 0.6 is 35.5 Å². The quantitative estimate of drug-likeness (QED) is 0.536. The lowest BCUT2D eigenvalue weighted by atomic mass is 10.3. The normalized spacial score (nSPS) is 11.1. The van der Waals surface area contributed by atoms with Crippen LogP contribution in [0.3, 0.4) is 0 Å². The van der Waals surface area contributed by atoms with Crippen molar-refractivity contribution in [2.24, 2.45) is 0 Å². The molecule has 0 aromatic carbocycles. The second-order valence-electron chi connectivity index (χ2n) is 4.75. The smallest absolute Gasteiger partial charge is 0.224 e. The standard InChI is InChI=1S/C14H12BrClN5P/c1-22(2)12-10(7-18-9-4-3-5-17-11(9)12)20-13-8(15)6-19-14(16)21-13/h3-7H,1-2H3,(H,19,20,21). The molecule has 0 radical (unpaired) electrons. The Kier molecular flexibility index (Phi) is 4.52. The fourth-order valence-electron chi connectivity index (χ4n) is 2.11. The zero-order valence-corrected chi connectivity index (χ0v) is 15.1. The summed E-state index contributed by atoms with van der Waals surface area (Å²) in [6.45, 7) is 4.37. The largest absolute Gasteiger partial charge is 0.337 e. The Morgan fingerprint density at radius 1 is 1.18 bits per heavy atom. The van der Waals surface area contributed by atoms with E-state index in [1.165, 1.54) is 0 Å². The van der Waals surface area contributed by atoms with Gasteiger partial charge in [-0.3, -0.25) is 9.97 Å². The highest BCUT2D eigenvalue weighted by Gasteiger charge is 2.15. The number of fused-ring (bicyclic) bond motifs is 1. The molecule has 0 aliphatic rings. The van der Waals surface area contributed by atoms with Crippen molar-refractivity contribution in [1.29, 1.82) is 0 Å². The third-order valence-electron chi connectivity index (χ3n) is 3.01. The lowest BCUT2D eigenvalue weighted by Crippen LogP contribution is -2.12. The molecule has 3 aromatic rings. The maximum absolute atomic E-state index is 5.87. The number of nitrogens with zero attached hydrogens (tertiary/aromatic N) is 4. The van der Waals surface area contributed by atoms with E-state index in [4.69, 9.17) is 11.6 Å². The van der Waals surface area contributed by atoms with Crippen LogP contribution in [0, 0.1) is 0 Å². The SMILES string of the molecule is CP(C)c1c(Nc2nc(Cl)ncc2Br)cnc2cccnc12. The van der Waals surface area contributed by atoms with Gasteiger partial charge in [0.1, 0.15) is 5.82 Å². The maximum Gasteiger partial charge on any atom is 0.224 e. The minimum absolute atomic E-state index is 0.189. The first-order chi connectivity index (χ1) is 10.6. The van der Waals surface area contributed by atoms with Gasteiger partial charge in [-0.05, 0) is 53.0 Å². The Balaban J connectivity index is 2.14. The summed E-state index contributed by atoms with van der Waals surface area (Å²) >= 11 is 9.30. The van der Waals surface area contributed by atoms with Gasteiger partial charge in [-0.25, -0.2) is 4.98 Å². The van der Waals surface area contributed by atoms with Crippen molar-refractivity contribution in [3.63, 3.8) is 0 Å². The highest BCUT2D eigenvalue weighted by Crippen LogP contribution is 2.33. The van der Waals surface area contributed by atoms with E-state index in [9.17, 15) is 0 Å². The monoisotopic (exact) mass is 395 g/mol. The summed E-state index contributed by atoms with van der Waals surface area (Å²) in [5.74, 6) is 0.607. The molecule has 8 heteroatoms. The van der Waals surface area contributed by atoms with E-state index in [1.807, 2.05) is 18.3 Å². The van der Waals surface area contributed by atoms with Crippen LogP contribution in [0.25, 0.3) is 11.0 Å².